The number of carbonyl (C=O) groups is 1. The fourth-order valence-corrected chi connectivity index (χ4v) is 3.28. The van der Waals surface area contributed by atoms with E-state index in [1.165, 1.54) is 5.56 Å². The average Bonchev–Trinajstić information content (AvgIpc) is 2.93. The first kappa shape index (κ1) is 17.3. The van der Waals surface area contributed by atoms with Gasteiger partial charge in [0, 0.05) is 24.1 Å². The second kappa shape index (κ2) is 8.55. The van der Waals surface area contributed by atoms with E-state index in [1.54, 1.807) is 11.8 Å². The predicted octanol–water partition coefficient (Wildman–Crippen LogP) is 2.63. The summed E-state index contributed by atoms with van der Waals surface area (Å²) in [6.45, 7) is 5.12. The zero-order valence-corrected chi connectivity index (χ0v) is 13.6. The summed E-state index contributed by atoms with van der Waals surface area (Å²) in [5, 5.41) is 6.29. The fraction of sp³-hybridized carbons (Fsp3) is 0.533. The smallest absolute Gasteiger partial charge is 0.238 e. The van der Waals surface area contributed by atoms with Crippen LogP contribution in [-0.4, -0.2) is 30.1 Å². The first-order valence-electron chi connectivity index (χ1n) is 6.82. The number of hydrogen-bond acceptors (Lipinski definition) is 3. The molecule has 1 fully saturated rings. The van der Waals surface area contributed by atoms with E-state index in [1.807, 2.05) is 6.07 Å². The number of carbonyl (C=O) groups excluding carboxylic acids is 1. The molecule has 0 aliphatic carbocycles. The van der Waals surface area contributed by atoms with Crippen LogP contribution in [0.15, 0.2) is 30.3 Å². The highest BCUT2D eigenvalue weighted by molar-refractivity contribution is 7.99. The van der Waals surface area contributed by atoms with Crippen molar-refractivity contribution in [3.05, 3.63) is 35.9 Å². The number of benzene rings is 1. The van der Waals surface area contributed by atoms with E-state index >= 15 is 0 Å². The van der Waals surface area contributed by atoms with Gasteiger partial charge < -0.3 is 5.32 Å². The number of amides is 1. The average molecular weight is 315 g/mol. The third-order valence-electron chi connectivity index (χ3n) is 3.56. The first-order valence-corrected chi connectivity index (χ1v) is 7.97. The van der Waals surface area contributed by atoms with Crippen LogP contribution in [0.5, 0.6) is 0 Å². The lowest BCUT2D eigenvalue weighted by Crippen LogP contribution is -2.43. The molecule has 0 bridgehead atoms. The normalized spacial score (nSPS) is 19.4. The minimum Gasteiger partial charge on any atom is -0.354 e. The summed E-state index contributed by atoms with van der Waals surface area (Å²) >= 11 is 1.78. The Morgan fingerprint density at radius 2 is 2.10 bits per heavy atom. The number of hydrogen-bond donors (Lipinski definition) is 2. The van der Waals surface area contributed by atoms with Gasteiger partial charge in [-0.3, -0.25) is 10.1 Å². The molecule has 1 heterocycles. The van der Waals surface area contributed by atoms with Gasteiger partial charge in [0.05, 0.1) is 6.04 Å². The van der Waals surface area contributed by atoms with E-state index in [0.717, 1.165) is 11.6 Å². The van der Waals surface area contributed by atoms with Crippen LogP contribution >= 0.6 is 24.2 Å². The molecule has 1 saturated heterocycles. The van der Waals surface area contributed by atoms with E-state index in [0.29, 0.717) is 18.4 Å². The molecule has 0 saturated carbocycles. The minimum absolute atomic E-state index is 0. The molecule has 2 N–H and O–H groups in total. The van der Waals surface area contributed by atoms with Crippen molar-refractivity contribution >= 4 is 30.1 Å². The monoisotopic (exact) mass is 314 g/mol. The number of rotatable bonds is 5. The molecule has 1 aromatic carbocycles. The number of nitrogens with one attached hydrogen (secondary N) is 2. The van der Waals surface area contributed by atoms with Gasteiger partial charge in [0.1, 0.15) is 0 Å². The predicted molar refractivity (Wildman–Crippen MR) is 88.5 cm³/mol. The highest BCUT2D eigenvalue weighted by atomic mass is 35.5. The maximum Gasteiger partial charge on any atom is 0.238 e. The molecule has 1 aliphatic heterocycles. The Morgan fingerprint density at radius 1 is 1.40 bits per heavy atom. The molecule has 5 heteroatoms. The van der Waals surface area contributed by atoms with Crippen LogP contribution in [0.2, 0.25) is 0 Å². The molecule has 0 radical (unpaired) electrons. The van der Waals surface area contributed by atoms with Crippen LogP contribution in [0.1, 0.15) is 25.3 Å². The first-order chi connectivity index (χ1) is 9.18. The van der Waals surface area contributed by atoms with Gasteiger partial charge in [0.25, 0.3) is 0 Å². The van der Waals surface area contributed by atoms with Gasteiger partial charge in [-0.1, -0.05) is 44.2 Å². The van der Waals surface area contributed by atoms with Crippen molar-refractivity contribution in [2.24, 2.45) is 5.92 Å². The van der Waals surface area contributed by atoms with Gasteiger partial charge in [-0.05, 0) is 11.5 Å². The number of halogens is 1. The van der Waals surface area contributed by atoms with Gasteiger partial charge in [0.15, 0.2) is 0 Å². The lowest BCUT2D eigenvalue weighted by atomic mass is 9.88. The summed E-state index contributed by atoms with van der Waals surface area (Å²) in [4.78, 5) is 12.0. The lowest BCUT2D eigenvalue weighted by Gasteiger charge is -2.22. The van der Waals surface area contributed by atoms with Crippen molar-refractivity contribution in [3.63, 3.8) is 0 Å². The zero-order valence-electron chi connectivity index (χ0n) is 12.0. The largest absolute Gasteiger partial charge is 0.354 e. The van der Waals surface area contributed by atoms with Crippen molar-refractivity contribution in [1.29, 1.82) is 0 Å². The second-order valence-electron chi connectivity index (χ2n) is 5.28. The van der Waals surface area contributed by atoms with Crippen LogP contribution in [0.3, 0.4) is 0 Å². The molecular weight excluding hydrogens is 292 g/mol. The topological polar surface area (TPSA) is 41.1 Å². The summed E-state index contributed by atoms with van der Waals surface area (Å²) in [7, 11) is 0. The van der Waals surface area contributed by atoms with Gasteiger partial charge in [-0.15, -0.1) is 24.2 Å². The summed E-state index contributed by atoms with van der Waals surface area (Å²) in [6.07, 6.45) is 0. The molecule has 1 aliphatic rings. The van der Waals surface area contributed by atoms with Crippen molar-refractivity contribution in [2.75, 3.05) is 18.2 Å². The van der Waals surface area contributed by atoms with Gasteiger partial charge in [0.2, 0.25) is 5.91 Å². The molecule has 3 nitrogen and oxygen atoms in total. The molecule has 1 aromatic rings. The summed E-state index contributed by atoms with van der Waals surface area (Å²) < 4.78 is 0. The van der Waals surface area contributed by atoms with Gasteiger partial charge in [-0.2, -0.15) is 0 Å². The Balaban J connectivity index is 0.00000200. The van der Waals surface area contributed by atoms with Gasteiger partial charge >= 0.3 is 0 Å². The molecular formula is C15H23ClN2OS. The molecule has 0 spiro atoms. The van der Waals surface area contributed by atoms with Crippen molar-refractivity contribution in [3.8, 4) is 0 Å². The third kappa shape index (κ3) is 4.69. The van der Waals surface area contributed by atoms with Crippen LogP contribution in [0.4, 0.5) is 0 Å². The summed E-state index contributed by atoms with van der Waals surface area (Å²) in [5.41, 5.74) is 1.30. The van der Waals surface area contributed by atoms with Crippen LogP contribution in [0, 0.1) is 5.92 Å². The molecule has 2 rings (SSSR count). The Hall–Kier alpha value is -0.710. The molecule has 1 amide bonds. The fourth-order valence-electron chi connectivity index (χ4n) is 2.34. The quantitative estimate of drug-likeness (QED) is 0.878. The zero-order chi connectivity index (χ0) is 13.7. The molecule has 2 unspecified atom stereocenters. The third-order valence-corrected chi connectivity index (χ3v) is 4.50. The Labute approximate surface area is 131 Å². The lowest BCUT2D eigenvalue weighted by molar-refractivity contribution is -0.122. The molecule has 0 aromatic heterocycles. The SMILES string of the molecule is CC(C)C(CNC(=O)C1CSCN1)c1ccccc1.Cl. The molecule has 20 heavy (non-hydrogen) atoms. The van der Waals surface area contributed by atoms with Crippen molar-refractivity contribution in [1.82, 2.24) is 10.6 Å². The van der Waals surface area contributed by atoms with E-state index in [2.05, 4.69) is 48.7 Å². The summed E-state index contributed by atoms with van der Waals surface area (Å²) in [6, 6.07) is 10.4. The molecule has 2 atom stereocenters. The maximum absolute atomic E-state index is 12.0. The van der Waals surface area contributed by atoms with Crippen LogP contribution in [0.25, 0.3) is 0 Å². The minimum atomic E-state index is -0.0198. The Kier molecular flexibility index (Phi) is 7.41. The van der Waals surface area contributed by atoms with E-state index < -0.39 is 0 Å². The second-order valence-corrected chi connectivity index (χ2v) is 6.31. The summed E-state index contributed by atoms with van der Waals surface area (Å²) in [5.74, 6) is 2.77. The Morgan fingerprint density at radius 3 is 2.65 bits per heavy atom. The Bertz CT molecular complexity index is 408. The van der Waals surface area contributed by atoms with E-state index in [4.69, 9.17) is 0 Å². The van der Waals surface area contributed by atoms with E-state index in [9.17, 15) is 4.79 Å². The highest BCUT2D eigenvalue weighted by Gasteiger charge is 2.24. The van der Waals surface area contributed by atoms with E-state index in [-0.39, 0.29) is 24.4 Å². The van der Waals surface area contributed by atoms with Crippen LogP contribution in [-0.2, 0) is 4.79 Å². The molecule has 112 valence electrons. The maximum atomic E-state index is 12.0. The van der Waals surface area contributed by atoms with Crippen LogP contribution < -0.4 is 10.6 Å². The standard InChI is InChI=1S/C15H22N2OS.ClH/c1-11(2)13(12-6-4-3-5-7-12)8-16-15(18)14-9-19-10-17-14;/h3-7,11,13-14,17H,8-10H2,1-2H3,(H,16,18);1H. The van der Waals surface area contributed by atoms with Gasteiger partial charge in [-0.25, -0.2) is 0 Å². The van der Waals surface area contributed by atoms with Crippen molar-refractivity contribution < 1.29 is 4.79 Å². The number of thioether (sulfide) groups is 1. The highest BCUT2D eigenvalue weighted by Crippen LogP contribution is 2.23. The van der Waals surface area contributed by atoms with Crippen molar-refractivity contribution in [2.45, 2.75) is 25.8 Å².